The van der Waals surface area contributed by atoms with Crippen LogP contribution in [0.5, 0.6) is 5.75 Å². The first-order chi connectivity index (χ1) is 7.77. The molecule has 0 saturated carbocycles. The minimum Gasteiger partial charge on any atom is -0.497 e. The van der Waals surface area contributed by atoms with Gasteiger partial charge in [-0.3, -0.25) is 4.90 Å². The van der Waals surface area contributed by atoms with Crippen molar-refractivity contribution < 1.29 is 14.6 Å². The molecular weight excluding hydrogens is 218 g/mol. The Labute approximate surface area is 102 Å². The number of benzene rings is 1. The number of carbonyl (C=O) groups is 1. The molecule has 1 amide bonds. The number of nitrogens with zero attached hydrogens (tertiary/aromatic N) is 1. The van der Waals surface area contributed by atoms with Crippen LogP contribution in [0, 0.1) is 6.92 Å². The molecule has 0 spiro atoms. The van der Waals surface area contributed by atoms with Crippen LogP contribution >= 0.6 is 0 Å². The van der Waals surface area contributed by atoms with Crippen molar-refractivity contribution in [2.24, 2.45) is 0 Å². The number of aryl methyl sites for hydroxylation is 1. The lowest BCUT2D eigenvalue weighted by Gasteiger charge is -2.34. The molecule has 1 rings (SSSR count). The summed E-state index contributed by atoms with van der Waals surface area (Å²) in [6.45, 7) is 7.47. The molecule has 0 fully saturated rings. The van der Waals surface area contributed by atoms with Crippen LogP contribution in [0.2, 0.25) is 0 Å². The average Bonchev–Trinajstić information content (AvgIpc) is 2.18. The number of hydrogen-bond donors (Lipinski definition) is 1. The van der Waals surface area contributed by atoms with Crippen LogP contribution in [0.1, 0.15) is 26.3 Å². The zero-order valence-electron chi connectivity index (χ0n) is 10.9. The van der Waals surface area contributed by atoms with Crippen molar-refractivity contribution in [1.29, 1.82) is 0 Å². The molecule has 0 aliphatic heterocycles. The first kappa shape index (κ1) is 13.4. The van der Waals surface area contributed by atoms with Gasteiger partial charge in [0.05, 0.1) is 12.8 Å². The van der Waals surface area contributed by atoms with E-state index in [0.29, 0.717) is 5.69 Å². The smallest absolute Gasteiger partial charge is 0.412 e. The van der Waals surface area contributed by atoms with E-state index in [0.717, 1.165) is 11.3 Å². The molecule has 0 saturated heterocycles. The van der Waals surface area contributed by atoms with E-state index in [2.05, 4.69) is 0 Å². The third-order valence-corrected chi connectivity index (χ3v) is 2.51. The normalized spacial score (nSPS) is 11.1. The fourth-order valence-electron chi connectivity index (χ4n) is 1.76. The SMILES string of the molecule is COc1ccc(N(C(=O)O)C(C)(C)C)c(C)c1. The molecule has 4 heteroatoms. The van der Waals surface area contributed by atoms with Crippen LogP contribution in [-0.2, 0) is 0 Å². The molecule has 1 N–H and O–H groups in total. The molecule has 1 aromatic carbocycles. The minimum absolute atomic E-state index is 0.481. The predicted octanol–water partition coefficient (Wildman–Crippen LogP) is 3.29. The van der Waals surface area contributed by atoms with Crippen molar-refractivity contribution in [3.05, 3.63) is 23.8 Å². The Morgan fingerprint density at radius 2 is 1.94 bits per heavy atom. The number of anilines is 1. The molecule has 4 nitrogen and oxygen atoms in total. The number of ether oxygens (including phenoxy) is 1. The Hall–Kier alpha value is -1.71. The molecule has 0 aliphatic rings. The highest BCUT2D eigenvalue weighted by atomic mass is 16.5. The highest BCUT2D eigenvalue weighted by molar-refractivity contribution is 5.88. The van der Waals surface area contributed by atoms with E-state index in [9.17, 15) is 9.90 Å². The largest absolute Gasteiger partial charge is 0.497 e. The lowest BCUT2D eigenvalue weighted by Crippen LogP contribution is -2.45. The van der Waals surface area contributed by atoms with Gasteiger partial charge >= 0.3 is 6.09 Å². The molecule has 0 bridgehead atoms. The van der Waals surface area contributed by atoms with Crippen molar-refractivity contribution in [2.45, 2.75) is 33.2 Å². The minimum atomic E-state index is -0.953. The topological polar surface area (TPSA) is 49.8 Å². The first-order valence-electron chi connectivity index (χ1n) is 5.45. The van der Waals surface area contributed by atoms with Crippen molar-refractivity contribution in [3.8, 4) is 5.75 Å². The summed E-state index contributed by atoms with van der Waals surface area (Å²) in [5.74, 6) is 0.727. The maximum atomic E-state index is 11.3. The third-order valence-electron chi connectivity index (χ3n) is 2.51. The van der Waals surface area contributed by atoms with Crippen molar-refractivity contribution in [3.63, 3.8) is 0 Å². The Bertz CT molecular complexity index is 421. The van der Waals surface area contributed by atoms with Crippen LogP contribution < -0.4 is 9.64 Å². The number of rotatable bonds is 2. The Morgan fingerprint density at radius 3 is 2.29 bits per heavy atom. The Kier molecular flexibility index (Phi) is 3.66. The van der Waals surface area contributed by atoms with Gasteiger partial charge in [0.15, 0.2) is 0 Å². The van der Waals surface area contributed by atoms with Gasteiger partial charge < -0.3 is 9.84 Å². The fraction of sp³-hybridized carbons (Fsp3) is 0.462. The molecular formula is C13H19NO3. The third kappa shape index (κ3) is 2.90. The second kappa shape index (κ2) is 4.65. The van der Waals surface area contributed by atoms with Crippen LogP contribution in [0.25, 0.3) is 0 Å². The van der Waals surface area contributed by atoms with E-state index < -0.39 is 11.6 Å². The van der Waals surface area contributed by atoms with E-state index in [1.165, 1.54) is 4.90 Å². The van der Waals surface area contributed by atoms with Gasteiger partial charge in [-0.2, -0.15) is 0 Å². The molecule has 0 aliphatic carbocycles. The summed E-state index contributed by atoms with van der Waals surface area (Å²) in [7, 11) is 1.59. The van der Waals surface area contributed by atoms with Gasteiger partial charge in [-0.15, -0.1) is 0 Å². The Balaban J connectivity index is 3.25. The molecule has 17 heavy (non-hydrogen) atoms. The van der Waals surface area contributed by atoms with Crippen molar-refractivity contribution >= 4 is 11.8 Å². The van der Waals surface area contributed by atoms with Crippen LogP contribution in [0.15, 0.2) is 18.2 Å². The summed E-state index contributed by atoms with van der Waals surface area (Å²) in [5, 5.41) is 9.31. The molecule has 0 heterocycles. The molecule has 0 aromatic heterocycles. The Morgan fingerprint density at radius 1 is 1.35 bits per heavy atom. The van der Waals surface area contributed by atoms with E-state index >= 15 is 0 Å². The zero-order chi connectivity index (χ0) is 13.2. The number of hydrogen-bond acceptors (Lipinski definition) is 2. The summed E-state index contributed by atoms with van der Waals surface area (Å²) >= 11 is 0. The monoisotopic (exact) mass is 237 g/mol. The van der Waals surface area contributed by atoms with Gasteiger partial charge in [0.2, 0.25) is 0 Å². The van der Waals surface area contributed by atoms with Crippen LogP contribution in [0.3, 0.4) is 0 Å². The summed E-state index contributed by atoms with van der Waals surface area (Å²) in [5.41, 5.74) is 1.08. The van der Waals surface area contributed by atoms with Crippen molar-refractivity contribution in [2.75, 3.05) is 12.0 Å². The maximum absolute atomic E-state index is 11.3. The van der Waals surface area contributed by atoms with Crippen LogP contribution in [0.4, 0.5) is 10.5 Å². The van der Waals surface area contributed by atoms with Gasteiger partial charge in [0.1, 0.15) is 5.75 Å². The zero-order valence-corrected chi connectivity index (χ0v) is 10.9. The fourth-order valence-corrected chi connectivity index (χ4v) is 1.76. The highest BCUT2D eigenvalue weighted by Gasteiger charge is 2.28. The summed E-state index contributed by atoms with van der Waals surface area (Å²) in [4.78, 5) is 12.7. The molecule has 94 valence electrons. The summed E-state index contributed by atoms with van der Waals surface area (Å²) in [6.07, 6.45) is -0.953. The van der Waals surface area contributed by atoms with E-state index in [-0.39, 0.29) is 0 Å². The molecule has 1 aromatic rings. The lowest BCUT2D eigenvalue weighted by atomic mass is 10.0. The van der Waals surface area contributed by atoms with Crippen LogP contribution in [-0.4, -0.2) is 23.8 Å². The lowest BCUT2D eigenvalue weighted by molar-refractivity contribution is 0.195. The number of methoxy groups -OCH3 is 1. The molecule has 0 unspecified atom stereocenters. The van der Waals surface area contributed by atoms with Gasteiger partial charge in [-0.1, -0.05) is 0 Å². The van der Waals surface area contributed by atoms with Gasteiger partial charge in [0, 0.05) is 5.54 Å². The average molecular weight is 237 g/mol. The van der Waals surface area contributed by atoms with Gasteiger partial charge in [0.25, 0.3) is 0 Å². The van der Waals surface area contributed by atoms with Gasteiger partial charge in [-0.05, 0) is 51.5 Å². The van der Waals surface area contributed by atoms with E-state index in [4.69, 9.17) is 4.74 Å². The number of carboxylic acid groups (broad SMARTS) is 1. The second-order valence-electron chi connectivity index (χ2n) is 4.94. The quantitative estimate of drug-likeness (QED) is 0.858. The predicted molar refractivity (Wildman–Crippen MR) is 68.0 cm³/mol. The maximum Gasteiger partial charge on any atom is 0.412 e. The summed E-state index contributed by atoms with van der Waals surface area (Å²) in [6, 6.07) is 5.37. The molecule has 0 radical (unpaired) electrons. The summed E-state index contributed by atoms with van der Waals surface area (Å²) < 4.78 is 5.11. The standard InChI is InChI=1S/C13H19NO3/c1-9-8-10(17-5)6-7-11(9)14(12(15)16)13(2,3)4/h6-8H,1-5H3,(H,15,16). The molecule has 0 atom stereocenters. The highest BCUT2D eigenvalue weighted by Crippen LogP contribution is 2.29. The first-order valence-corrected chi connectivity index (χ1v) is 5.45. The number of amides is 1. The van der Waals surface area contributed by atoms with E-state index in [1.807, 2.05) is 33.8 Å². The van der Waals surface area contributed by atoms with Gasteiger partial charge in [-0.25, -0.2) is 4.79 Å². The van der Waals surface area contributed by atoms with E-state index in [1.54, 1.807) is 19.2 Å². The van der Waals surface area contributed by atoms with Crippen molar-refractivity contribution in [1.82, 2.24) is 0 Å². The second-order valence-corrected chi connectivity index (χ2v) is 4.94.